The highest BCUT2D eigenvalue weighted by molar-refractivity contribution is 5.90. The van der Waals surface area contributed by atoms with Crippen LogP contribution in [0.5, 0.6) is 0 Å². The van der Waals surface area contributed by atoms with Gasteiger partial charge in [-0.05, 0) is 25.0 Å². The fourth-order valence-corrected chi connectivity index (χ4v) is 2.56. The first-order valence-electron chi connectivity index (χ1n) is 6.12. The number of aromatic amines is 1. The monoisotopic (exact) mass is 215 g/mol. The molecule has 2 aromatic rings. The molecular weight excluding hydrogens is 198 g/mol. The molecule has 2 N–H and O–H groups in total. The van der Waals surface area contributed by atoms with E-state index in [4.69, 9.17) is 0 Å². The van der Waals surface area contributed by atoms with E-state index < -0.39 is 0 Å². The van der Waals surface area contributed by atoms with Crippen LogP contribution in [0.3, 0.4) is 0 Å². The zero-order chi connectivity index (χ0) is 10.8. The minimum absolute atomic E-state index is 0.647. The van der Waals surface area contributed by atoms with Crippen LogP contribution < -0.4 is 5.32 Å². The zero-order valence-electron chi connectivity index (χ0n) is 9.37. The Morgan fingerprint density at radius 3 is 2.94 bits per heavy atom. The normalized spacial score (nSPS) is 17.8. The smallest absolute Gasteiger partial charge is 0.0671 e. The summed E-state index contributed by atoms with van der Waals surface area (Å²) in [5.41, 5.74) is 2.33. The molecular formula is C13H17N3. The van der Waals surface area contributed by atoms with Gasteiger partial charge in [-0.15, -0.1) is 0 Å². The summed E-state index contributed by atoms with van der Waals surface area (Å²) in [6.07, 6.45) is 8.62. The van der Waals surface area contributed by atoms with E-state index in [2.05, 4.69) is 33.7 Å². The molecule has 0 atom stereocenters. The van der Waals surface area contributed by atoms with Crippen LogP contribution in [0.25, 0.3) is 10.9 Å². The second-order valence-corrected chi connectivity index (χ2v) is 4.62. The third kappa shape index (κ3) is 1.77. The van der Waals surface area contributed by atoms with Crippen molar-refractivity contribution in [3.8, 4) is 0 Å². The summed E-state index contributed by atoms with van der Waals surface area (Å²) in [4.78, 5) is 0. The molecule has 1 saturated carbocycles. The van der Waals surface area contributed by atoms with E-state index in [0.717, 1.165) is 5.52 Å². The Morgan fingerprint density at radius 1 is 1.19 bits per heavy atom. The molecule has 1 aliphatic rings. The van der Waals surface area contributed by atoms with Crippen molar-refractivity contribution in [2.45, 2.75) is 38.1 Å². The number of benzene rings is 1. The molecule has 1 fully saturated rings. The first kappa shape index (κ1) is 9.70. The van der Waals surface area contributed by atoms with Crippen molar-refractivity contribution in [1.29, 1.82) is 0 Å². The number of rotatable bonds is 2. The zero-order valence-corrected chi connectivity index (χ0v) is 9.37. The van der Waals surface area contributed by atoms with Crippen LogP contribution in [0.2, 0.25) is 0 Å². The number of fused-ring (bicyclic) bond motifs is 1. The van der Waals surface area contributed by atoms with Crippen molar-refractivity contribution in [3.63, 3.8) is 0 Å². The molecule has 3 rings (SSSR count). The van der Waals surface area contributed by atoms with Crippen LogP contribution in [-0.2, 0) is 0 Å². The lowest BCUT2D eigenvalue weighted by molar-refractivity contribution is 0.463. The number of nitrogens with one attached hydrogen (secondary N) is 2. The summed E-state index contributed by atoms with van der Waals surface area (Å²) >= 11 is 0. The minimum atomic E-state index is 0.647. The van der Waals surface area contributed by atoms with Gasteiger partial charge in [0.25, 0.3) is 0 Å². The van der Waals surface area contributed by atoms with Crippen LogP contribution in [0.15, 0.2) is 24.4 Å². The summed E-state index contributed by atoms with van der Waals surface area (Å²) in [6, 6.07) is 6.93. The SMILES string of the molecule is c1cc(NC2CCCCC2)c2cn[nH]c2c1. The lowest BCUT2D eigenvalue weighted by Gasteiger charge is -2.24. The average molecular weight is 215 g/mol. The number of aromatic nitrogens is 2. The molecule has 0 bridgehead atoms. The van der Waals surface area contributed by atoms with Crippen molar-refractivity contribution in [3.05, 3.63) is 24.4 Å². The van der Waals surface area contributed by atoms with Gasteiger partial charge in [0.15, 0.2) is 0 Å². The summed E-state index contributed by atoms with van der Waals surface area (Å²) in [7, 11) is 0. The number of anilines is 1. The van der Waals surface area contributed by atoms with Crippen molar-refractivity contribution in [2.24, 2.45) is 0 Å². The minimum Gasteiger partial charge on any atom is -0.382 e. The van der Waals surface area contributed by atoms with Crippen LogP contribution >= 0.6 is 0 Å². The fraction of sp³-hybridized carbons (Fsp3) is 0.462. The summed E-state index contributed by atoms with van der Waals surface area (Å²) in [6.45, 7) is 0. The molecule has 0 radical (unpaired) electrons. The topological polar surface area (TPSA) is 40.7 Å². The highest BCUT2D eigenvalue weighted by Crippen LogP contribution is 2.26. The van der Waals surface area contributed by atoms with E-state index in [-0.39, 0.29) is 0 Å². The molecule has 16 heavy (non-hydrogen) atoms. The van der Waals surface area contributed by atoms with Gasteiger partial charge in [-0.2, -0.15) is 5.10 Å². The summed E-state index contributed by atoms with van der Waals surface area (Å²) in [5, 5.41) is 11.9. The van der Waals surface area contributed by atoms with Gasteiger partial charge in [0.05, 0.1) is 11.7 Å². The average Bonchev–Trinajstić information content (AvgIpc) is 2.80. The number of H-pyrrole nitrogens is 1. The highest BCUT2D eigenvalue weighted by Gasteiger charge is 2.14. The maximum Gasteiger partial charge on any atom is 0.0671 e. The van der Waals surface area contributed by atoms with E-state index in [9.17, 15) is 0 Å². The largest absolute Gasteiger partial charge is 0.382 e. The molecule has 0 saturated heterocycles. The lowest BCUT2D eigenvalue weighted by Crippen LogP contribution is -2.22. The predicted molar refractivity (Wildman–Crippen MR) is 66.6 cm³/mol. The van der Waals surface area contributed by atoms with E-state index in [1.54, 1.807) is 0 Å². The predicted octanol–water partition coefficient (Wildman–Crippen LogP) is 3.31. The maximum absolute atomic E-state index is 4.09. The Kier molecular flexibility index (Phi) is 2.52. The van der Waals surface area contributed by atoms with Crippen LogP contribution in [0.1, 0.15) is 32.1 Å². The fourth-order valence-electron chi connectivity index (χ4n) is 2.56. The Bertz CT molecular complexity index is 469. The van der Waals surface area contributed by atoms with E-state index in [0.29, 0.717) is 6.04 Å². The van der Waals surface area contributed by atoms with E-state index in [1.165, 1.54) is 43.2 Å². The van der Waals surface area contributed by atoms with Crippen LogP contribution in [0.4, 0.5) is 5.69 Å². The van der Waals surface area contributed by atoms with Gasteiger partial charge in [0, 0.05) is 17.1 Å². The second kappa shape index (κ2) is 4.16. The number of nitrogens with zero attached hydrogens (tertiary/aromatic N) is 1. The van der Waals surface area contributed by atoms with E-state index in [1.807, 2.05) is 6.20 Å². The van der Waals surface area contributed by atoms with Gasteiger partial charge in [0.2, 0.25) is 0 Å². The lowest BCUT2D eigenvalue weighted by atomic mass is 9.95. The van der Waals surface area contributed by atoms with Crippen molar-refractivity contribution >= 4 is 16.6 Å². The Labute approximate surface area is 95.2 Å². The standard InChI is InChI=1S/C13H17N3/c1-2-5-10(6-3-1)15-12-7-4-8-13-11(12)9-14-16-13/h4,7-10,15H,1-3,5-6H2,(H,14,16). The molecule has 3 nitrogen and oxygen atoms in total. The molecule has 0 unspecified atom stereocenters. The van der Waals surface area contributed by atoms with Gasteiger partial charge in [-0.25, -0.2) is 0 Å². The van der Waals surface area contributed by atoms with Crippen molar-refractivity contribution in [2.75, 3.05) is 5.32 Å². The maximum atomic E-state index is 4.09. The van der Waals surface area contributed by atoms with Crippen LogP contribution in [0, 0.1) is 0 Å². The Morgan fingerprint density at radius 2 is 2.06 bits per heavy atom. The molecule has 84 valence electrons. The van der Waals surface area contributed by atoms with Gasteiger partial charge < -0.3 is 5.32 Å². The third-order valence-corrected chi connectivity index (χ3v) is 3.45. The van der Waals surface area contributed by atoms with Gasteiger partial charge in [-0.1, -0.05) is 25.3 Å². The molecule has 1 aromatic carbocycles. The second-order valence-electron chi connectivity index (χ2n) is 4.62. The van der Waals surface area contributed by atoms with Crippen molar-refractivity contribution < 1.29 is 0 Å². The number of hydrogen-bond acceptors (Lipinski definition) is 2. The molecule has 1 aromatic heterocycles. The third-order valence-electron chi connectivity index (χ3n) is 3.45. The molecule has 0 spiro atoms. The highest BCUT2D eigenvalue weighted by atomic mass is 15.1. The summed E-state index contributed by atoms with van der Waals surface area (Å²) < 4.78 is 0. The first-order chi connectivity index (χ1) is 7.93. The molecule has 0 amide bonds. The first-order valence-corrected chi connectivity index (χ1v) is 6.12. The van der Waals surface area contributed by atoms with Gasteiger partial charge in [0.1, 0.15) is 0 Å². The van der Waals surface area contributed by atoms with Gasteiger partial charge >= 0.3 is 0 Å². The van der Waals surface area contributed by atoms with Crippen molar-refractivity contribution in [1.82, 2.24) is 10.2 Å². The Balaban J connectivity index is 1.85. The Hall–Kier alpha value is -1.51. The molecule has 1 heterocycles. The summed E-state index contributed by atoms with van der Waals surface area (Å²) in [5.74, 6) is 0. The molecule has 0 aliphatic heterocycles. The molecule has 3 heteroatoms. The van der Waals surface area contributed by atoms with Gasteiger partial charge in [-0.3, -0.25) is 5.10 Å². The van der Waals surface area contributed by atoms with Crippen LogP contribution in [-0.4, -0.2) is 16.2 Å². The molecule has 1 aliphatic carbocycles. The number of hydrogen-bond donors (Lipinski definition) is 2. The van der Waals surface area contributed by atoms with E-state index >= 15 is 0 Å². The quantitative estimate of drug-likeness (QED) is 0.807.